The Morgan fingerprint density at radius 3 is 2.68 bits per heavy atom. The monoisotopic (exact) mass is 376 g/mol. The van der Waals surface area contributed by atoms with Crippen LogP contribution in [0.1, 0.15) is 31.2 Å². The molecule has 1 aliphatic heterocycles. The Hall–Kier alpha value is -1.60. The number of aryl methyl sites for hydroxylation is 1. The number of carbonyl (C=O) groups is 1. The molecule has 0 radical (unpaired) electrons. The van der Waals surface area contributed by atoms with Crippen molar-refractivity contribution < 1.29 is 4.79 Å². The van der Waals surface area contributed by atoms with Crippen molar-refractivity contribution in [2.45, 2.75) is 36.4 Å². The number of aromatic nitrogens is 2. The van der Waals surface area contributed by atoms with Gasteiger partial charge in [-0.2, -0.15) is 0 Å². The van der Waals surface area contributed by atoms with Crippen LogP contribution in [0.4, 0.5) is 5.13 Å². The highest BCUT2D eigenvalue weighted by atomic mass is 32.2. The van der Waals surface area contributed by atoms with Crippen molar-refractivity contribution in [2.75, 3.05) is 24.6 Å². The Kier molecular flexibility index (Phi) is 6.69. The topological polar surface area (TPSA) is 72.1 Å². The molecular weight excluding hydrogens is 352 g/mol. The van der Waals surface area contributed by atoms with Gasteiger partial charge >= 0.3 is 0 Å². The van der Waals surface area contributed by atoms with E-state index >= 15 is 0 Å². The van der Waals surface area contributed by atoms with Crippen molar-refractivity contribution in [1.82, 2.24) is 15.1 Å². The molecule has 1 fully saturated rings. The molecule has 0 atom stereocenters. The Morgan fingerprint density at radius 2 is 2.00 bits per heavy atom. The van der Waals surface area contributed by atoms with Crippen LogP contribution in [0.5, 0.6) is 0 Å². The Morgan fingerprint density at radius 1 is 1.24 bits per heavy atom. The summed E-state index contributed by atoms with van der Waals surface area (Å²) in [7, 11) is 0. The van der Waals surface area contributed by atoms with Gasteiger partial charge in [0.25, 0.3) is 0 Å². The van der Waals surface area contributed by atoms with Gasteiger partial charge in [0.2, 0.25) is 11.0 Å². The van der Waals surface area contributed by atoms with E-state index in [1.165, 1.54) is 41.5 Å². The minimum absolute atomic E-state index is 0.196. The number of piperidine rings is 1. The van der Waals surface area contributed by atoms with E-state index in [1.807, 2.05) is 4.90 Å². The predicted octanol–water partition coefficient (Wildman–Crippen LogP) is 3.47. The second-order valence-electron chi connectivity index (χ2n) is 6.40. The van der Waals surface area contributed by atoms with Crippen LogP contribution < -0.4 is 5.73 Å². The maximum atomic E-state index is 12.3. The lowest BCUT2D eigenvalue weighted by Crippen LogP contribution is -2.39. The molecule has 0 saturated carbocycles. The summed E-state index contributed by atoms with van der Waals surface area (Å²) in [6.45, 7) is 1.77. The molecule has 25 heavy (non-hydrogen) atoms. The molecule has 0 unspecified atom stereocenters. The number of thioether (sulfide) groups is 1. The summed E-state index contributed by atoms with van der Waals surface area (Å²) in [6.07, 6.45) is 5.89. The fraction of sp³-hybridized carbons (Fsp3) is 0.500. The second-order valence-corrected chi connectivity index (χ2v) is 8.63. The maximum Gasteiger partial charge on any atom is 0.233 e. The van der Waals surface area contributed by atoms with Gasteiger partial charge < -0.3 is 10.6 Å². The van der Waals surface area contributed by atoms with E-state index in [-0.39, 0.29) is 5.91 Å². The predicted molar refractivity (Wildman–Crippen MR) is 104 cm³/mol. The van der Waals surface area contributed by atoms with Crippen LogP contribution in [0.3, 0.4) is 0 Å². The quantitative estimate of drug-likeness (QED) is 0.749. The van der Waals surface area contributed by atoms with Gasteiger partial charge in [0.05, 0.1) is 5.75 Å². The molecule has 2 heterocycles. The SMILES string of the molecule is Nc1nnc(SCC(=O)N2CCC(CCCc3ccccc3)CC2)s1. The molecule has 1 amide bonds. The summed E-state index contributed by atoms with van der Waals surface area (Å²) in [5.74, 6) is 1.37. The Bertz CT molecular complexity index is 669. The number of amides is 1. The summed E-state index contributed by atoms with van der Waals surface area (Å²) in [4.78, 5) is 14.3. The summed E-state index contributed by atoms with van der Waals surface area (Å²) in [5, 5.41) is 8.16. The first kappa shape index (κ1) is 18.2. The number of rotatable bonds is 7. The molecule has 0 bridgehead atoms. The van der Waals surface area contributed by atoms with E-state index in [1.54, 1.807) is 0 Å². The first-order valence-corrected chi connectivity index (χ1v) is 10.5. The number of anilines is 1. The number of nitrogen functional groups attached to an aromatic ring is 1. The third-order valence-electron chi connectivity index (χ3n) is 4.63. The molecular formula is C18H24N4OS2. The van der Waals surface area contributed by atoms with Crippen LogP contribution in [0.2, 0.25) is 0 Å². The maximum absolute atomic E-state index is 12.3. The molecule has 1 saturated heterocycles. The van der Waals surface area contributed by atoms with E-state index in [9.17, 15) is 4.79 Å². The van der Waals surface area contributed by atoms with Crippen LogP contribution in [-0.4, -0.2) is 39.8 Å². The third-order valence-corrected chi connectivity index (χ3v) is 6.50. The molecule has 2 N–H and O–H groups in total. The lowest BCUT2D eigenvalue weighted by molar-refractivity contribution is -0.129. The molecule has 134 valence electrons. The van der Waals surface area contributed by atoms with Gasteiger partial charge in [0.15, 0.2) is 4.34 Å². The van der Waals surface area contributed by atoms with Gasteiger partial charge in [-0.25, -0.2) is 0 Å². The highest BCUT2D eigenvalue weighted by Crippen LogP contribution is 2.26. The van der Waals surface area contributed by atoms with Crippen LogP contribution in [0, 0.1) is 5.92 Å². The Balaban J connectivity index is 1.33. The number of nitrogens with zero attached hydrogens (tertiary/aromatic N) is 3. The summed E-state index contributed by atoms with van der Waals surface area (Å²) < 4.78 is 0.765. The van der Waals surface area contributed by atoms with E-state index in [0.29, 0.717) is 10.9 Å². The summed E-state index contributed by atoms with van der Waals surface area (Å²) in [5.41, 5.74) is 6.98. The number of nitrogens with two attached hydrogens (primary N) is 1. The zero-order valence-corrected chi connectivity index (χ0v) is 15.9. The molecule has 1 aromatic heterocycles. The average molecular weight is 377 g/mol. The second kappa shape index (κ2) is 9.20. The Labute approximate surface area is 157 Å². The number of hydrogen-bond acceptors (Lipinski definition) is 6. The van der Waals surface area contributed by atoms with Crippen LogP contribution >= 0.6 is 23.1 Å². The summed E-state index contributed by atoms with van der Waals surface area (Å²) >= 11 is 2.76. The largest absolute Gasteiger partial charge is 0.374 e. The van der Waals surface area contributed by atoms with E-state index in [2.05, 4.69) is 40.5 Å². The van der Waals surface area contributed by atoms with E-state index < -0.39 is 0 Å². The van der Waals surface area contributed by atoms with Crippen molar-refractivity contribution in [3.8, 4) is 0 Å². The van der Waals surface area contributed by atoms with E-state index in [0.717, 1.165) is 42.6 Å². The molecule has 1 aromatic carbocycles. The number of likely N-dealkylation sites (tertiary alicyclic amines) is 1. The molecule has 0 aliphatic carbocycles. The molecule has 1 aliphatic rings. The van der Waals surface area contributed by atoms with Crippen molar-refractivity contribution in [3.63, 3.8) is 0 Å². The number of carbonyl (C=O) groups excluding carboxylic acids is 1. The van der Waals surface area contributed by atoms with Gasteiger partial charge in [-0.05, 0) is 43.6 Å². The van der Waals surface area contributed by atoms with Crippen LogP contribution in [0.15, 0.2) is 34.7 Å². The van der Waals surface area contributed by atoms with Crippen LogP contribution in [-0.2, 0) is 11.2 Å². The normalized spacial score (nSPS) is 15.4. The lowest BCUT2D eigenvalue weighted by atomic mass is 9.91. The van der Waals surface area contributed by atoms with Gasteiger partial charge in [-0.15, -0.1) is 10.2 Å². The minimum atomic E-state index is 0.196. The average Bonchev–Trinajstić information content (AvgIpc) is 3.06. The fourth-order valence-electron chi connectivity index (χ4n) is 3.20. The van der Waals surface area contributed by atoms with Crippen molar-refractivity contribution in [1.29, 1.82) is 0 Å². The highest BCUT2D eigenvalue weighted by molar-refractivity contribution is 8.01. The van der Waals surface area contributed by atoms with Gasteiger partial charge in [0.1, 0.15) is 0 Å². The molecule has 2 aromatic rings. The number of benzene rings is 1. The van der Waals surface area contributed by atoms with Gasteiger partial charge in [-0.1, -0.05) is 53.4 Å². The summed E-state index contributed by atoms with van der Waals surface area (Å²) in [6, 6.07) is 10.7. The zero-order valence-electron chi connectivity index (χ0n) is 14.3. The van der Waals surface area contributed by atoms with Crippen LogP contribution in [0.25, 0.3) is 0 Å². The van der Waals surface area contributed by atoms with Crippen molar-refractivity contribution in [2.24, 2.45) is 5.92 Å². The zero-order chi connectivity index (χ0) is 17.5. The third kappa shape index (κ3) is 5.71. The highest BCUT2D eigenvalue weighted by Gasteiger charge is 2.22. The first-order valence-electron chi connectivity index (χ1n) is 8.74. The minimum Gasteiger partial charge on any atom is -0.374 e. The number of hydrogen-bond donors (Lipinski definition) is 1. The first-order chi connectivity index (χ1) is 12.2. The van der Waals surface area contributed by atoms with Crippen molar-refractivity contribution in [3.05, 3.63) is 35.9 Å². The standard InChI is InChI=1S/C18H24N4OS2/c19-17-20-21-18(25-17)24-13-16(23)22-11-9-15(10-12-22)8-4-7-14-5-2-1-3-6-14/h1-3,5-6,15H,4,7-13H2,(H2,19,20). The van der Waals surface area contributed by atoms with Gasteiger partial charge in [0, 0.05) is 13.1 Å². The lowest BCUT2D eigenvalue weighted by Gasteiger charge is -2.32. The fourth-order valence-corrected chi connectivity index (χ4v) is 4.74. The molecule has 7 heteroatoms. The smallest absolute Gasteiger partial charge is 0.233 e. The molecule has 5 nitrogen and oxygen atoms in total. The van der Waals surface area contributed by atoms with Crippen molar-refractivity contribution >= 4 is 34.1 Å². The van der Waals surface area contributed by atoms with E-state index in [4.69, 9.17) is 5.73 Å². The van der Waals surface area contributed by atoms with Gasteiger partial charge in [-0.3, -0.25) is 4.79 Å². The molecule has 0 spiro atoms. The molecule has 3 rings (SSSR count).